The van der Waals surface area contributed by atoms with Crippen molar-refractivity contribution in [3.05, 3.63) is 29.8 Å². The van der Waals surface area contributed by atoms with Gasteiger partial charge in [-0.1, -0.05) is 24.6 Å². The van der Waals surface area contributed by atoms with Crippen molar-refractivity contribution in [2.24, 2.45) is 0 Å². The molecule has 1 rings (SSSR count). The topological polar surface area (TPSA) is 72.5 Å². The van der Waals surface area contributed by atoms with Crippen LogP contribution in [0, 0.1) is 6.92 Å². The number of carbonyl (C=O) groups excluding carboxylic acids is 1. The van der Waals surface area contributed by atoms with E-state index in [9.17, 15) is 13.2 Å². The van der Waals surface area contributed by atoms with Crippen LogP contribution in [0.5, 0.6) is 0 Å². The van der Waals surface area contributed by atoms with E-state index in [0.29, 0.717) is 6.61 Å². The minimum Gasteiger partial charge on any atom is -0.466 e. The summed E-state index contributed by atoms with van der Waals surface area (Å²) in [4.78, 5) is 11.4. The number of benzene rings is 1. The molecule has 0 saturated carbocycles. The van der Waals surface area contributed by atoms with E-state index in [2.05, 4.69) is 4.72 Å². The van der Waals surface area contributed by atoms with Crippen molar-refractivity contribution < 1.29 is 17.9 Å². The van der Waals surface area contributed by atoms with Crippen molar-refractivity contribution in [1.82, 2.24) is 4.72 Å². The molecule has 0 aromatic heterocycles. The van der Waals surface area contributed by atoms with Crippen LogP contribution < -0.4 is 4.72 Å². The Morgan fingerprint density at radius 2 is 1.89 bits per heavy atom. The molecule has 0 bridgehead atoms. The third-order valence-electron chi connectivity index (χ3n) is 2.42. The summed E-state index contributed by atoms with van der Waals surface area (Å²) < 4.78 is 31.0. The Hall–Kier alpha value is -1.40. The summed E-state index contributed by atoms with van der Waals surface area (Å²) in [6.45, 7) is 4.18. The Bertz CT molecular complexity index is 508. The molecule has 0 fully saturated rings. The molecule has 0 aliphatic heterocycles. The minimum atomic E-state index is -3.55. The van der Waals surface area contributed by atoms with Crippen molar-refractivity contribution in [3.8, 4) is 0 Å². The summed E-state index contributed by atoms with van der Waals surface area (Å²) in [5.41, 5.74) is 0.988. The maximum Gasteiger partial charge on any atom is 0.307 e. The first kappa shape index (κ1) is 15.7. The van der Waals surface area contributed by atoms with Crippen LogP contribution >= 0.6 is 0 Å². The van der Waals surface area contributed by atoms with Gasteiger partial charge in [0.25, 0.3) is 0 Å². The molecule has 1 aromatic carbocycles. The van der Waals surface area contributed by atoms with Crippen LogP contribution in [0.2, 0.25) is 0 Å². The molecule has 106 valence electrons. The van der Waals surface area contributed by atoms with Gasteiger partial charge >= 0.3 is 5.97 Å². The largest absolute Gasteiger partial charge is 0.466 e. The van der Waals surface area contributed by atoms with E-state index in [1.54, 1.807) is 12.1 Å². The second-order valence-corrected chi connectivity index (χ2v) is 5.95. The number of hydrogen-bond donors (Lipinski definition) is 1. The number of ether oxygens (including phenoxy) is 1. The fraction of sp³-hybridized carbons (Fsp3) is 0.462. The molecule has 1 aromatic rings. The first-order chi connectivity index (χ1) is 8.95. The van der Waals surface area contributed by atoms with E-state index in [1.807, 2.05) is 13.8 Å². The van der Waals surface area contributed by atoms with Crippen LogP contribution in [0.3, 0.4) is 0 Å². The summed E-state index contributed by atoms with van der Waals surface area (Å²) in [6.07, 6.45) is 0.784. The smallest absolute Gasteiger partial charge is 0.307 e. The summed E-state index contributed by atoms with van der Waals surface area (Å²) in [6, 6.07) is 6.52. The van der Waals surface area contributed by atoms with E-state index in [1.165, 1.54) is 12.1 Å². The summed E-state index contributed by atoms with van der Waals surface area (Å²) in [7, 11) is -3.55. The predicted molar refractivity (Wildman–Crippen MR) is 72.2 cm³/mol. The lowest BCUT2D eigenvalue weighted by atomic mass is 10.2. The Balaban J connectivity index is 2.47. The minimum absolute atomic E-state index is 0.0328. The van der Waals surface area contributed by atoms with E-state index in [-0.39, 0.29) is 17.9 Å². The molecule has 0 spiro atoms. The van der Waals surface area contributed by atoms with Crippen molar-refractivity contribution >= 4 is 16.0 Å². The molecular formula is C13H19NO4S. The summed E-state index contributed by atoms with van der Waals surface area (Å²) in [5, 5.41) is 0. The number of esters is 1. The van der Waals surface area contributed by atoms with Crippen LogP contribution in [0.15, 0.2) is 29.2 Å². The van der Waals surface area contributed by atoms with Crippen LogP contribution in [-0.4, -0.2) is 27.5 Å². The molecule has 0 aliphatic carbocycles. The highest BCUT2D eigenvalue weighted by molar-refractivity contribution is 7.89. The second kappa shape index (κ2) is 7.25. The Morgan fingerprint density at radius 1 is 1.26 bits per heavy atom. The molecule has 5 nitrogen and oxygen atoms in total. The molecule has 0 saturated heterocycles. The molecule has 19 heavy (non-hydrogen) atoms. The number of nitrogens with one attached hydrogen (secondary N) is 1. The second-order valence-electron chi connectivity index (χ2n) is 4.18. The highest BCUT2D eigenvalue weighted by Gasteiger charge is 2.13. The van der Waals surface area contributed by atoms with Gasteiger partial charge in [0.1, 0.15) is 0 Å². The van der Waals surface area contributed by atoms with E-state index < -0.39 is 16.0 Å². The average molecular weight is 285 g/mol. The third kappa shape index (κ3) is 5.40. The molecule has 6 heteroatoms. The molecule has 0 atom stereocenters. The van der Waals surface area contributed by atoms with Gasteiger partial charge < -0.3 is 4.74 Å². The molecule has 0 radical (unpaired) electrons. The van der Waals surface area contributed by atoms with Gasteiger partial charge in [-0.25, -0.2) is 13.1 Å². The Labute approximate surface area is 114 Å². The highest BCUT2D eigenvalue weighted by atomic mass is 32.2. The molecule has 0 amide bonds. The molecule has 0 aliphatic rings. The van der Waals surface area contributed by atoms with Crippen molar-refractivity contribution in [2.45, 2.75) is 31.6 Å². The van der Waals surface area contributed by atoms with Crippen molar-refractivity contribution in [3.63, 3.8) is 0 Å². The number of aryl methyl sites for hydroxylation is 1. The van der Waals surface area contributed by atoms with Gasteiger partial charge in [0.05, 0.1) is 17.9 Å². The zero-order valence-electron chi connectivity index (χ0n) is 11.2. The van der Waals surface area contributed by atoms with E-state index in [0.717, 1.165) is 12.0 Å². The van der Waals surface area contributed by atoms with E-state index in [4.69, 9.17) is 4.74 Å². The highest BCUT2D eigenvalue weighted by Crippen LogP contribution is 2.09. The predicted octanol–water partition coefficient (Wildman–Crippen LogP) is 1.62. The normalized spacial score (nSPS) is 11.3. The van der Waals surface area contributed by atoms with Gasteiger partial charge in [-0.2, -0.15) is 0 Å². The summed E-state index contributed by atoms with van der Waals surface area (Å²) in [5.74, 6) is -0.395. The molecular weight excluding hydrogens is 266 g/mol. The van der Waals surface area contributed by atoms with E-state index >= 15 is 0 Å². The SMILES string of the molecule is CCCOC(=O)CCNS(=O)(=O)c1ccc(C)cc1. The van der Waals surface area contributed by atoms with Crippen LogP contribution in [0.25, 0.3) is 0 Å². The first-order valence-electron chi connectivity index (χ1n) is 6.17. The number of carbonyl (C=O) groups is 1. The third-order valence-corrected chi connectivity index (χ3v) is 3.90. The Morgan fingerprint density at radius 3 is 2.47 bits per heavy atom. The lowest BCUT2D eigenvalue weighted by molar-refractivity contribution is -0.143. The first-order valence-corrected chi connectivity index (χ1v) is 7.66. The van der Waals surface area contributed by atoms with Crippen molar-refractivity contribution in [1.29, 1.82) is 0 Å². The molecule has 1 N–H and O–H groups in total. The monoisotopic (exact) mass is 285 g/mol. The zero-order valence-corrected chi connectivity index (χ0v) is 12.0. The van der Waals surface area contributed by atoms with Gasteiger partial charge in [-0.3, -0.25) is 4.79 Å². The fourth-order valence-corrected chi connectivity index (χ4v) is 2.41. The van der Waals surface area contributed by atoms with Gasteiger partial charge in [0.2, 0.25) is 10.0 Å². The summed E-state index contributed by atoms with van der Waals surface area (Å²) >= 11 is 0. The van der Waals surface area contributed by atoms with Gasteiger partial charge in [0, 0.05) is 6.54 Å². The number of sulfonamides is 1. The van der Waals surface area contributed by atoms with Crippen LogP contribution in [0.1, 0.15) is 25.3 Å². The Kier molecular flexibility index (Phi) is 5.98. The maximum absolute atomic E-state index is 11.9. The van der Waals surface area contributed by atoms with Gasteiger partial charge in [0.15, 0.2) is 0 Å². The van der Waals surface area contributed by atoms with Crippen LogP contribution in [-0.2, 0) is 19.6 Å². The standard InChI is InChI=1S/C13H19NO4S/c1-3-10-18-13(15)8-9-14-19(16,17)12-6-4-11(2)5-7-12/h4-7,14H,3,8-10H2,1-2H3. The molecule has 0 unspecified atom stereocenters. The lowest BCUT2D eigenvalue weighted by Gasteiger charge is -2.07. The zero-order chi connectivity index (χ0) is 14.3. The van der Waals surface area contributed by atoms with Crippen LogP contribution in [0.4, 0.5) is 0 Å². The van der Waals surface area contributed by atoms with Gasteiger partial charge in [-0.05, 0) is 25.5 Å². The maximum atomic E-state index is 11.9. The lowest BCUT2D eigenvalue weighted by Crippen LogP contribution is -2.26. The number of hydrogen-bond acceptors (Lipinski definition) is 4. The molecule has 0 heterocycles. The van der Waals surface area contributed by atoms with Gasteiger partial charge in [-0.15, -0.1) is 0 Å². The van der Waals surface area contributed by atoms with Crippen molar-refractivity contribution in [2.75, 3.05) is 13.2 Å². The number of rotatable bonds is 7. The quantitative estimate of drug-likeness (QED) is 0.773. The fourth-order valence-electron chi connectivity index (χ4n) is 1.38. The average Bonchev–Trinajstić information content (AvgIpc) is 2.36.